The molecule has 0 unspecified atom stereocenters. The minimum atomic E-state index is -0.530. The van der Waals surface area contributed by atoms with E-state index in [4.69, 9.17) is 4.74 Å². The van der Waals surface area contributed by atoms with Crippen LogP contribution in [0.2, 0.25) is 0 Å². The van der Waals surface area contributed by atoms with Crippen LogP contribution in [0.25, 0.3) is 0 Å². The Morgan fingerprint density at radius 1 is 1.62 bits per heavy atom. The fraction of sp³-hybridized carbons (Fsp3) is 0.545. The lowest BCUT2D eigenvalue weighted by molar-refractivity contribution is -0.139. The van der Waals surface area contributed by atoms with E-state index in [2.05, 4.69) is 16.9 Å². The highest BCUT2D eigenvalue weighted by Crippen LogP contribution is 2.05. The second-order valence-electron chi connectivity index (χ2n) is 3.49. The van der Waals surface area contributed by atoms with Gasteiger partial charge in [-0.1, -0.05) is 6.08 Å². The summed E-state index contributed by atoms with van der Waals surface area (Å²) in [5.41, 5.74) is 0. The molecule has 0 aromatic carbocycles. The number of rotatable bonds is 5. The van der Waals surface area contributed by atoms with Gasteiger partial charge in [-0.05, 0) is 19.3 Å². The van der Waals surface area contributed by atoms with Gasteiger partial charge >= 0.3 is 12.0 Å². The summed E-state index contributed by atoms with van der Waals surface area (Å²) in [7, 11) is 0. The number of nitrogens with one attached hydrogen (secondary N) is 1. The van der Waals surface area contributed by atoms with Crippen LogP contribution in [0.4, 0.5) is 4.79 Å². The van der Waals surface area contributed by atoms with Gasteiger partial charge in [-0.15, -0.1) is 6.58 Å². The molecule has 0 aliphatic carbocycles. The Hall–Kier alpha value is -1.65. The van der Waals surface area contributed by atoms with Crippen LogP contribution in [-0.2, 0) is 9.53 Å². The first-order chi connectivity index (χ1) is 7.74. The quantitative estimate of drug-likeness (QED) is 0.332. The molecule has 1 N–H and O–H groups in total. The van der Waals surface area contributed by atoms with Crippen molar-refractivity contribution in [2.24, 2.45) is 4.99 Å². The maximum Gasteiger partial charge on any atom is 0.341 e. The van der Waals surface area contributed by atoms with Gasteiger partial charge in [-0.25, -0.2) is 14.6 Å². The minimum absolute atomic E-state index is 0.368. The number of hydrogen-bond donors (Lipinski definition) is 1. The van der Waals surface area contributed by atoms with Crippen molar-refractivity contribution in [1.29, 1.82) is 0 Å². The molecule has 0 aromatic heterocycles. The van der Waals surface area contributed by atoms with Crippen molar-refractivity contribution in [2.75, 3.05) is 6.61 Å². The Morgan fingerprint density at radius 2 is 2.44 bits per heavy atom. The Bertz CT molecular complexity index is 300. The van der Waals surface area contributed by atoms with Gasteiger partial charge in [0, 0.05) is 12.6 Å². The number of amides is 2. The highest BCUT2D eigenvalue weighted by Gasteiger charge is 2.27. The van der Waals surface area contributed by atoms with Gasteiger partial charge in [-0.2, -0.15) is 0 Å². The Morgan fingerprint density at radius 3 is 3.06 bits per heavy atom. The molecular weight excluding hydrogens is 208 g/mol. The number of ether oxygens (including phenoxy) is 1. The molecule has 0 radical (unpaired) electrons. The fourth-order valence-electron chi connectivity index (χ4n) is 1.31. The maximum atomic E-state index is 11.2. The Labute approximate surface area is 94.6 Å². The smallest absolute Gasteiger partial charge is 0.341 e. The highest BCUT2D eigenvalue weighted by molar-refractivity contribution is 5.88. The fourth-order valence-corrected chi connectivity index (χ4v) is 1.31. The van der Waals surface area contributed by atoms with Crippen molar-refractivity contribution >= 4 is 18.2 Å². The van der Waals surface area contributed by atoms with Gasteiger partial charge in [0.15, 0.2) is 0 Å². The van der Waals surface area contributed by atoms with E-state index in [0.717, 1.165) is 19.3 Å². The minimum Gasteiger partial charge on any atom is -0.464 e. The summed E-state index contributed by atoms with van der Waals surface area (Å²) in [6.45, 7) is 3.96. The number of carbonyl (C=O) groups excluding carboxylic acids is 2. The van der Waals surface area contributed by atoms with E-state index in [0.29, 0.717) is 13.0 Å². The van der Waals surface area contributed by atoms with Crippen LogP contribution in [0.5, 0.6) is 0 Å². The Balaban J connectivity index is 2.19. The molecule has 1 heterocycles. The summed E-state index contributed by atoms with van der Waals surface area (Å²) in [5.74, 6) is -0.379. The number of carbonyl (C=O) groups is 2. The van der Waals surface area contributed by atoms with Gasteiger partial charge in [0.05, 0.1) is 6.61 Å². The van der Waals surface area contributed by atoms with E-state index in [9.17, 15) is 9.59 Å². The van der Waals surface area contributed by atoms with Gasteiger partial charge in [0.1, 0.15) is 6.04 Å². The van der Waals surface area contributed by atoms with Crippen molar-refractivity contribution in [1.82, 2.24) is 5.32 Å². The number of aliphatic imine (C=N–C) groups is 1. The van der Waals surface area contributed by atoms with Crippen LogP contribution in [0, 0.1) is 0 Å². The lowest BCUT2D eigenvalue weighted by Crippen LogP contribution is -2.36. The van der Waals surface area contributed by atoms with Gasteiger partial charge in [-0.3, -0.25) is 0 Å². The zero-order chi connectivity index (χ0) is 11.8. The van der Waals surface area contributed by atoms with Crippen LogP contribution in [-0.4, -0.2) is 30.9 Å². The van der Waals surface area contributed by atoms with Gasteiger partial charge < -0.3 is 10.1 Å². The third-order valence-corrected chi connectivity index (χ3v) is 2.18. The molecule has 1 aliphatic heterocycles. The van der Waals surface area contributed by atoms with Crippen LogP contribution in [0.15, 0.2) is 17.6 Å². The van der Waals surface area contributed by atoms with Crippen LogP contribution >= 0.6 is 0 Å². The summed E-state index contributed by atoms with van der Waals surface area (Å²) in [6, 6.07) is -1.01. The number of allylic oxidation sites excluding steroid dienone is 1. The maximum absolute atomic E-state index is 11.2. The molecule has 1 saturated heterocycles. The zero-order valence-electron chi connectivity index (χ0n) is 9.15. The molecule has 5 heteroatoms. The molecule has 1 fully saturated rings. The molecule has 1 rings (SSSR count). The standard InChI is InChI=1S/C11H16N2O3/c1-2-3-4-5-7-12-11(15)13-9-6-8-16-10(9)14/h2,7,9H,1,3-6,8H2,(H,13,15)/b12-7+/t9-/m0/s1. The van der Waals surface area contributed by atoms with E-state index in [1.165, 1.54) is 0 Å². The van der Waals surface area contributed by atoms with Crippen molar-refractivity contribution in [3.8, 4) is 0 Å². The zero-order valence-corrected chi connectivity index (χ0v) is 9.15. The van der Waals surface area contributed by atoms with E-state index in [-0.39, 0.29) is 5.97 Å². The first-order valence-corrected chi connectivity index (χ1v) is 5.34. The van der Waals surface area contributed by atoms with Crippen LogP contribution < -0.4 is 5.32 Å². The average Bonchev–Trinajstić information content (AvgIpc) is 2.64. The second kappa shape index (κ2) is 6.76. The number of esters is 1. The number of cyclic esters (lactones) is 1. The molecule has 0 spiro atoms. The summed E-state index contributed by atoms with van der Waals surface area (Å²) < 4.78 is 4.71. The Kier molecular flexibility index (Phi) is 5.25. The monoisotopic (exact) mass is 224 g/mol. The highest BCUT2D eigenvalue weighted by atomic mass is 16.5. The lowest BCUT2D eigenvalue weighted by Gasteiger charge is -2.04. The molecule has 1 atom stereocenters. The molecule has 0 bridgehead atoms. The third kappa shape index (κ3) is 4.25. The average molecular weight is 224 g/mol. The predicted molar refractivity (Wildman–Crippen MR) is 60.4 cm³/mol. The van der Waals surface area contributed by atoms with E-state index in [1.807, 2.05) is 6.08 Å². The van der Waals surface area contributed by atoms with Crippen molar-refractivity contribution in [3.63, 3.8) is 0 Å². The van der Waals surface area contributed by atoms with E-state index < -0.39 is 12.1 Å². The van der Waals surface area contributed by atoms with E-state index >= 15 is 0 Å². The molecule has 0 saturated carbocycles. The molecule has 2 amide bonds. The summed E-state index contributed by atoms with van der Waals surface area (Å²) in [6.07, 6.45) is 6.46. The topological polar surface area (TPSA) is 67.8 Å². The van der Waals surface area contributed by atoms with Gasteiger partial charge in [0.2, 0.25) is 0 Å². The SMILES string of the molecule is C=CCCC/C=N/C(=O)N[C@H]1CCOC1=O. The first kappa shape index (κ1) is 12.4. The van der Waals surface area contributed by atoms with Crippen LogP contribution in [0.3, 0.4) is 0 Å². The third-order valence-electron chi connectivity index (χ3n) is 2.18. The lowest BCUT2D eigenvalue weighted by atomic mass is 10.2. The number of unbranched alkanes of at least 4 members (excludes halogenated alkanes) is 2. The summed E-state index contributed by atoms with van der Waals surface area (Å²) in [4.78, 5) is 25.9. The van der Waals surface area contributed by atoms with Crippen molar-refractivity contribution in [3.05, 3.63) is 12.7 Å². The number of hydrogen-bond acceptors (Lipinski definition) is 3. The van der Waals surface area contributed by atoms with Crippen molar-refractivity contribution < 1.29 is 14.3 Å². The second-order valence-corrected chi connectivity index (χ2v) is 3.49. The van der Waals surface area contributed by atoms with Gasteiger partial charge in [0.25, 0.3) is 0 Å². The molecule has 1 aliphatic rings. The molecular formula is C11H16N2O3. The first-order valence-electron chi connectivity index (χ1n) is 5.34. The van der Waals surface area contributed by atoms with E-state index in [1.54, 1.807) is 6.21 Å². The predicted octanol–water partition coefficient (Wildman–Crippen LogP) is 1.44. The molecule has 16 heavy (non-hydrogen) atoms. The number of urea groups is 1. The normalized spacial score (nSPS) is 19.8. The van der Waals surface area contributed by atoms with Crippen LogP contribution in [0.1, 0.15) is 25.7 Å². The van der Waals surface area contributed by atoms with Crippen molar-refractivity contribution in [2.45, 2.75) is 31.7 Å². The summed E-state index contributed by atoms with van der Waals surface area (Å²) >= 11 is 0. The molecule has 0 aromatic rings. The largest absolute Gasteiger partial charge is 0.464 e. The summed E-state index contributed by atoms with van der Waals surface area (Å²) in [5, 5.41) is 2.49. The molecule has 88 valence electrons. The molecule has 5 nitrogen and oxygen atoms in total. The number of nitrogens with zero attached hydrogens (tertiary/aromatic N) is 1.